The van der Waals surface area contributed by atoms with Crippen LogP contribution in [0.3, 0.4) is 0 Å². The molecule has 0 spiro atoms. The molecule has 1 aliphatic rings. The molecule has 112 valence electrons. The average molecular weight is 315 g/mol. The van der Waals surface area contributed by atoms with E-state index >= 15 is 0 Å². The molecular weight excluding hydrogens is 300 g/mol. The van der Waals surface area contributed by atoms with Gasteiger partial charge in [-0.1, -0.05) is 41.9 Å². The van der Waals surface area contributed by atoms with Crippen LogP contribution in [0, 0.1) is 0 Å². The molecule has 0 atom stereocenters. The summed E-state index contributed by atoms with van der Waals surface area (Å²) in [6.45, 7) is 0.406. The summed E-state index contributed by atoms with van der Waals surface area (Å²) in [5.41, 5.74) is 3.57. The third-order valence-electron chi connectivity index (χ3n) is 3.59. The van der Waals surface area contributed by atoms with Crippen molar-refractivity contribution in [1.82, 2.24) is 5.32 Å². The minimum Gasteiger partial charge on any atom is -0.352 e. The molecule has 0 radical (unpaired) electrons. The lowest BCUT2D eigenvalue weighted by Crippen LogP contribution is -2.24. The van der Waals surface area contributed by atoms with Crippen molar-refractivity contribution in [3.8, 4) is 0 Å². The minimum atomic E-state index is -0.0721. The standard InChI is InChI=1S/C17H15ClN2O2/c18-14-4-2-1-3-12(14)10-19-16(21)8-11-5-6-15-13(7-11)9-17(22)20-15/h1-7H,8-10H2,(H,19,21)(H,20,22). The van der Waals surface area contributed by atoms with E-state index in [0.717, 1.165) is 22.4 Å². The Morgan fingerprint density at radius 1 is 1.23 bits per heavy atom. The number of rotatable bonds is 4. The molecule has 2 N–H and O–H groups in total. The first-order chi connectivity index (χ1) is 10.6. The van der Waals surface area contributed by atoms with Gasteiger partial charge < -0.3 is 10.6 Å². The summed E-state index contributed by atoms with van der Waals surface area (Å²) in [7, 11) is 0. The molecule has 2 amide bonds. The molecule has 0 unspecified atom stereocenters. The Balaban J connectivity index is 1.60. The number of hydrogen-bond acceptors (Lipinski definition) is 2. The zero-order valence-electron chi connectivity index (χ0n) is 11.9. The number of fused-ring (bicyclic) bond motifs is 1. The van der Waals surface area contributed by atoms with Crippen LogP contribution >= 0.6 is 11.6 Å². The number of nitrogens with one attached hydrogen (secondary N) is 2. The fourth-order valence-electron chi connectivity index (χ4n) is 2.48. The van der Waals surface area contributed by atoms with Crippen LogP contribution in [0.1, 0.15) is 16.7 Å². The van der Waals surface area contributed by atoms with Gasteiger partial charge in [0.05, 0.1) is 12.8 Å². The first-order valence-corrected chi connectivity index (χ1v) is 7.41. The smallest absolute Gasteiger partial charge is 0.228 e. The number of anilines is 1. The predicted molar refractivity (Wildman–Crippen MR) is 85.8 cm³/mol. The minimum absolute atomic E-state index is 0.00433. The first-order valence-electron chi connectivity index (χ1n) is 7.03. The topological polar surface area (TPSA) is 58.2 Å². The lowest BCUT2D eigenvalue weighted by molar-refractivity contribution is -0.120. The van der Waals surface area contributed by atoms with Gasteiger partial charge in [-0.05, 0) is 28.8 Å². The van der Waals surface area contributed by atoms with E-state index in [2.05, 4.69) is 10.6 Å². The van der Waals surface area contributed by atoms with Crippen molar-refractivity contribution >= 4 is 29.1 Å². The highest BCUT2D eigenvalue weighted by Gasteiger charge is 2.17. The molecule has 0 aliphatic carbocycles. The van der Waals surface area contributed by atoms with E-state index in [0.29, 0.717) is 18.0 Å². The maximum atomic E-state index is 12.0. The van der Waals surface area contributed by atoms with Gasteiger partial charge in [-0.15, -0.1) is 0 Å². The lowest BCUT2D eigenvalue weighted by Gasteiger charge is -2.08. The molecule has 0 fully saturated rings. The lowest BCUT2D eigenvalue weighted by atomic mass is 10.1. The van der Waals surface area contributed by atoms with Gasteiger partial charge >= 0.3 is 0 Å². The normalized spacial score (nSPS) is 12.7. The van der Waals surface area contributed by atoms with Gasteiger partial charge in [-0.2, -0.15) is 0 Å². The molecule has 1 aliphatic heterocycles. The third kappa shape index (κ3) is 3.28. The molecule has 3 rings (SSSR count). The van der Waals surface area contributed by atoms with Gasteiger partial charge in [0.2, 0.25) is 11.8 Å². The Morgan fingerprint density at radius 2 is 2.05 bits per heavy atom. The van der Waals surface area contributed by atoms with Crippen LogP contribution in [0.15, 0.2) is 42.5 Å². The molecule has 2 aromatic carbocycles. The van der Waals surface area contributed by atoms with Crippen molar-refractivity contribution in [2.75, 3.05) is 5.32 Å². The third-order valence-corrected chi connectivity index (χ3v) is 3.96. The van der Waals surface area contributed by atoms with Crippen molar-refractivity contribution in [3.63, 3.8) is 0 Å². The average Bonchev–Trinajstić information content (AvgIpc) is 2.86. The van der Waals surface area contributed by atoms with Gasteiger partial charge in [-0.3, -0.25) is 9.59 Å². The van der Waals surface area contributed by atoms with E-state index in [1.807, 2.05) is 36.4 Å². The van der Waals surface area contributed by atoms with Gasteiger partial charge in [0.25, 0.3) is 0 Å². The molecule has 4 nitrogen and oxygen atoms in total. The van der Waals surface area contributed by atoms with Crippen molar-refractivity contribution in [3.05, 3.63) is 64.2 Å². The molecule has 0 aromatic heterocycles. The SMILES string of the molecule is O=C(Cc1ccc2c(c1)CC(=O)N2)NCc1ccccc1Cl. The summed E-state index contributed by atoms with van der Waals surface area (Å²) in [5, 5.41) is 6.28. The fourth-order valence-corrected chi connectivity index (χ4v) is 2.68. The summed E-state index contributed by atoms with van der Waals surface area (Å²) in [6, 6.07) is 13.0. The number of amides is 2. The number of carbonyl (C=O) groups excluding carboxylic acids is 2. The van der Waals surface area contributed by atoms with E-state index in [-0.39, 0.29) is 18.2 Å². The van der Waals surface area contributed by atoms with E-state index in [4.69, 9.17) is 11.6 Å². The molecule has 0 saturated carbocycles. The Hall–Kier alpha value is -2.33. The molecule has 0 saturated heterocycles. The van der Waals surface area contributed by atoms with Crippen molar-refractivity contribution in [1.29, 1.82) is 0 Å². The van der Waals surface area contributed by atoms with E-state index in [9.17, 15) is 9.59 Å². The Bertz CT molecular complexity index is 743. The Labute approximate surface area is 133 Å². The highest BCUT2D eigenvalue weighted by atomic mass is 35.5. The second-order valence-corrected chi connectivity index (χ2v) is 5.67. The van der Waals surface area contributed by atoms with Gasteiger partial charge in [0.1, 0.15) is 0 Å². The van der Waals surface area contributed by atoms with Crippen LogP contribution in [0.4, 0.5) is 5.69 Å². The number of carbonyl (C=O) groups is 2. The van der Waals surface area contributed by atoms with Crippen molar-refractivity contribution < 1.29 is 9.59 Å². The van der Waals surface area contributed by atoms with Crippen LogP contribution in [-0.2, 0) is 29.0 Å². The summed E-state index contributed by atoms with van der Waals surface area (Å²) in [6.07, 6.45) is 0.663. The maximum Gasteiger partial charge on any atom is 0.228 e. The van der Waals surface area contributed by atoms with Crippen LogP contribution in [0.25, 0.3) is 0 Å². The zero-order valence-corrected chi connectivity index (χ0v) is 12.6. The number of hydrogen-bond donors (Lipinski definition) is 2. The zero-order chi connectivity index (χ0) is 15.5. The summed E-state index contributed by atoms with van der Waals surface area (Å²) in [5.74, 6) is -0.0764. The molecule has 1 heterocycles. The molecular formula is C17H15ClN2O2. The molecule has 22 heavy (non-hydrogen) atoms. The largest absolute Gasteiger partial charge is 0.352 e. The maximum absolute atomic E-state index is 12.0. The van der Waals surface area contributed by atoms with E-state index < -0.39 is 0 Å². The fraction of sp³-hybridized carbons (Fsp3) is 0.176. The van der Waals surface area contributed by atoms with E-state index in [1.165, 1.54) is 0 Å². The van der Waals surface area contributed by atoms with Crippen molar-refractivity contribution in [2.24, 2.45) is 0 Å². The molecule has 5 heteroatoms. The van der Waals surface area contributed by atoms with Crippen LogP contribution in [0.5, 0.6) is 0 Å². The molecule has 0 bridgehead atoms. The van der Waals surface area contributed by atoms with E-state index in [1.54, 1.807) is 6.07 Å². The first kappa shape index (κ1) is 14.6. The van der Waals surface area contributed by atoms with Crippen LogP contribution < -0.4 is 10.6 Å². The van der Waals surface area contributed by atoms with Crippen LogP contribution in [0.2, 0.25) is 5.02 Å². The predicted octanol–water partition coefficient (Wildman–Crippen LogP) is 2.69. The highest BCUT2D eigenvalue weighted by molar-refractivity contribution is 6.31. The quantitative estimate of drug-likeness (QED) is 0.911. The number of benzene rings is 2. The van der Waals surface area contributed by atoms with Gasteiger partial charge in [0, 0.05) is 17.3 Å². The van der Waals surface area contributed by atoms with Crippen LogP contribution in [-0.4, -0.2) is 11.8 Å². The second kappa shape index (κ2) is 6.20. The highest BCUT2D eigenvalue weighted by Crippen LogP contribution is 2.24. The van der Waals surface area contributed by atoms with Gasteiger partial charge in [0.15, 0.2) is 0 Å². The summed E-state index contributed by atoms with van der Waals surface area (Å²) >= 11 is 6.06. The molecule has 2 aromatic rings. The Morgan fingerprint density at radius 3 is 2.86 bits per heavy atom. The van der Waals surface area contributed by atoms with Gasteiger partial charge in [-0.25, -0.2) is 0 Å². The Kier molecular flexibility index (Phi) is 4.11. The monoisotopic (exact) mass is 314 g/mol. The second-order valence-electron chi connectivity index (χ2n) is 5.26. The van der Waals surface area contributed by atoms with Crippen molar-refractivity contribution in [2.45, 2.75) is 19.4 Å². The number of halogens is 1. The summed E-state index contributed by atoms with van der Waals surface area (Å²) < 4.78 is 0. The summed E-state index contributed by atoms with van der Waals surface area (Å²) in [4.78, 5) is 23.3.